The molecule has 1 N–H and O–H groups in total. The van der Waals surface area contributed by atoms with Crippen molar-refractivity contribution in [2.45, 2.75) is 59.5 Å². The molecule has 4 nitrogen and oxygen atoms in total. The average Bonchev–Trinajstić information content (AvgIpc) is 2.32. The number of nitrogens with one attached hydrogen (secondary N) is 1. The van der Waals surface area contributed by atoms with Gasteiger partial charge in [0, 0.05) is 6.54 Å². The minimum atomic E-state index is -0.742. The van der Waals surface area contributed by atoms with Crippen molar-refractivity contribution in [3.05, 3.63) is 11.6 Å². The van der Waals surface area contributed by atoms with E-state index < -0.39 is 11.6 Å². The number of hydrogen-bond donors (Lipinski definition) is 1. The van der Waals surface area contributed by atoms with E-state index in [4.69, 9.17) is 0 Å². The quantitative estimate of drug-likeness (QED) is 0.792. The van der Waals surface area contributed by atoms with Crippen LogP contribution in [0.1, 0.15) is 48.0 Å². The fourth-order valence-corrected chi connectivity index (χ4v) is 2.26. The second kappa shape index (κ2) is 5.76. The molecule has 1 fully saturated rings. The summed E-state index contributed by atoms with van der Waals surface area (Å²) in [5.74, 6) is 0.0824. The van der Waals surface area contributed by atoms with Gasteiger partial charge in [0.15, 0.2) is 0 Å². The van der Waals surface area contributed by atoms with Crippen LogP contribution in [0.2, 0.25) is 0 Å². The number of rotatable bonds is 4. The molecule has 19 heavy (non-hydrogen) atoms. The summed E-state index contributed by atoms with van der Waals surface area (Å²) >= 11 is 0. The molecule has 1 heterocycles. The van der Waals surface area contributed by atoms with Crippen molar-refractivity contribution in [3.63, 3.8) is 0 Å². The Morgan fingerprint density at radius 1 is 1.42 bits per heavy atom. The third-order valence-electron chi connectivity index (χ3n) is 3.94. The standard InChI is InChI=1S/C15H26N2O2/c1-7-15(6)14(19)16-12(11(4)5)13(18)17(15)9-8-10(2)3/h8,11-12H,7,9H2,1-6H3,(H,16,19). The zero-order valence-electron chi connectivity index (χ0n) is 12.9. The van der Waals surface area contributed by atoms with E-state index in [1.54, 1.807) is 4.90 Å². The highest BCUT2D eigenvalue weighted by molar-refractivity contribution is 5.99. The third-order valence-corrected chi connectivity index (χ3v) is 3.94. The topological polar surface area (TPSA) is 49.4 Å². The van der Waals surface area contributed by atoms with Crippen molar-refractivity contribution in [2.24, 2.45) is 5.92 Å². The van der Waals surface area contributed by atoms with Crippen molar-refractivity contribution in [1.29, 1.82) is 0 Å². The van der Waals surface area contributed by atoms with Crippen LogP contribution in [-0.2, 0) is 9.59 Å². The van der Waals surface area contributed by atoms with E-state index in [0.29, 0.717) is 13.0 Å². The van der Waals surface area contributed by atoms with E-state index in [-0.39, 0.29) is 17.7 Å². The Hall–Kier alpha value is -1.32. The Morgan fingerprint density at radius 3 is 2.42 bits per heavy atom. The van der Waals surface area contributed by atoms with Gasteiger partial charge in [0.25, 0.3) is 0 Å². The fraction of sp³-hybridized carbons (Fsp3) is 0.733. The molecule has 0 aliphatic carbocycles. The van der Waals surface area contributed by atoms with Crippen LogP contribution in [0.15, 0.2) is 11.6 Å². The SMILES string of the molecule is CCC1(C)C(=O)NC(C(C)C)C(=O)N1CC=C(C)C. The lowest BCUT2D eigenvalue weighted by Crippen LogP contribution is -2.70. The van der Waals surface area contributed by atoms with Gasteiger partial charge in [-0.15, -0.1) is 0 Å². The molecule has 0 aromatic carbocycles. The van der Waals surface area contributed by atoms with E-state index in [9.17, 15) is 9.59 Å². The minimum Gasteiger partial charge on any atom is -0.342 e. The zero-order valence-corrected chi connectivity index (χ0v) is 12.9. The summed E-state index contributed by atoms with van der Waals surface area (Å²) < 4.78 is 0. The van der Waals surface area contributed by atoms with Gasteiger partial charge in [0.05, 0.1) is 0 Å². The number of nitrogens with zero attached hydrogens (tertiary/aromatic N) is 1. The predicted molar refractivity (Wildman–Crippen MR) is 76.6 cm³/mol. The van der Waals surface area contributed by atoms with Gasteiger partial charge in [-0.3, -0.25) is 9.59 Å². The van der Waals surface area contributed by atoms with Crippen LogP contribution in [-0.4, -0.2) is 34.8 Å². The Balaban J connectivity index is 3.11. The Labute approximate surface area is 116 Å². The number of carbonyl (C=O) groups is 2. The Bertz CT molecular complexity index is 397. The summed E-state index contributed by atoms with van der Waals surface area (Å²) in [5.41, 5.74) is 0.410. The van der Waals surface area contributed by atoms with Crippen molar-refractivity contribution in [3.8, 4) is 0 Å². The van der Waals surface area contributed by atoms with Gasteiger partial charge < -0.3 is 10.2 Å². The maximum Gasteiger partial charge on any atom is 0.246 e. The van der Waals surface area contributed by atoms with Gasteiger partial charge in [0.1, 0.15) is 11.6 Å². The molecule has 1 rings (SSSR count). The monoisotopic (exact) mass is 266 g/mol. The molecular formula is C15H26N2O2. The normalized spacial score (nSPS) is 27.5. The van der Waals surface area contributed by atoms with Crippen molar-refractivity contribution in [1.82, 2.24) is 10.2 Å². The highest BCUT2D eigenvalue weighted by atomic mass is 16.2. The van der Waals surface area contributed by atoms with Crippen LogP contribution in [0.4, 0.5) is 0 Å². The molecule has 0 saturated carbocycles. The molecule has 0 spiro atoms. The summed E-state index contributed by atoms with van der Waals surface area (Å²) in [4.78, 5) is 26.6. The van der Waals surface area contributed by atoms with Crippen LogP contribution < -0.4 is 5.32 Å². The molecule has 1 aliphatic rings. The second-order valence-electron chi connectivity index (χ2n) is 6.05. The first-order chi connectivity index (χ1) is 8.74. The van der Waals surface area contributed by atoms with Crippen LogP contribution in [0.25, 0.3) is 0 Å². The number of hydrogen-bond acceptors (Lipinski definition) is 2. The Kier molecular flexibility index (Phi) is 4.77. The van der Waals surface area contributed by atoms with Crippen molar-refractivity contribution in [2.75, 3.05) is 6.54 Å². The summed E-state index contributed by atoms with van der Waals surface area (Å²) in [6.07, 6.45) is 2.62. The maximum absolute atomic E-state index is 12.6. The summed E-state index contributed by atoms with van der Waals surface area (Å²) in [7, 11) is 0. The maximum atomic E-state index is 12.6. The van der Waals surface area contributed by atoms with E-state index in [1.807, 2.05) is 47.6 Å². The summed E-state index contributed by atoms with van der Waals surface area (Å²) in [5, 5.41) is 2.87. The van der Waals surface area contributed by atoms with Gasteiger partial charge in [-0.25, -0.2) is 0 Å². The van der Waals surface area contributed by atoms with Gasteiger partial charge in [-0.2, -0.15) is 0 Å². The summed E-state index contributed by atoms with van der Waals surface area (Å²) in [6, 6.07) is -0.405. The van der Waals surface area contributed by atoms with Crippen molar-refractivity contribution >= 4 is 11.8 Å². The molecule has 108 valence electrons. The van der Waals surface area contributed by atoms with E-state index >= 15 is 0 Å². The molecular weight excluding hydrogens is 240 g/mol. The molecule has 0 bridgehead atoms. The molecule has 1 saturated heterocycles. The molecule has 0 aromatic heterocycles. The molecule has 0 aromatic rings. The minimum absolute atomic E-state index is 0.0245. The van der Waals surface area contributed by atoms with E-state index in [2.05, 4.69) is 5.32 Å². The average molecular weight is 266 g/mol. The molecule has 1 aliphatic heterocycles. The van der Waals surface area contributed by atoms with Gasteiger partial charge >= 0.3 is 0 Å². The molecule has 2 unspecified atom stereocenters. The fourth-order valence-electron chi connectivity index (χ4n) is 2.26. The molecule has 2 amide bonds. The zero-order chi connectivity index (χ0) is 14.8. The summed E-state index contributed by atoms with van der Waals surface area (Å²) in [6.45, 7) is 12.2. The van der Waals surface area contributed by atoms with Gasteiger partial charge in [-0.1, -0.05) is 32.4 Å². The number of allylic oxidation sites excluding steroid dienone is 1. The lowest BCUT2D eigenvalue weighted by atomic mass is 9.87. The first-order valence-electron chi connectivity index (χ1n) is 6.99. The highest BCUT2D eigenvalue weighted by Crippen LogP contribution is 2.27. The lowest BCUT2D eigenvalue weighted by Gasteiger charge is -2.46. The molecule has 4 heteroatoms. The van der Waals surface area contributed by atoms with Gasteiger partial charge in [-0.05, 0) is 33.1 Å². The van der Waals surface area contributed by atoms with Crippen molar-refractivity contribution < 1.29 is 9.59 Å². The predicted octanol–water partition coefficient (Wildman–Crippen LogP) is 2.10. The number of piperazine rings is 1. The third kappa shape index (κ3) is 2.99. The first-order valence-corrected chi connectivity index (χ1v) is 6.99. The molecule has 2 atom stereocenters. The number of amides is 2. The van der Waals surface area contributed by atoms with Gasteiger partial charge in [0.2, 0.25) is 11.8 Å². The largest absolute Gasteiger partial charge is 0.342 e. The smallest absolute Gasteiger partial charge is 0.246 e. The van der Waals surface area contributed by atoms with E-state index in [0.717, 1.165) is 5.57 Å². The lowest BCUT2D eigenvalue weighted by molar-refractivity contribution is -0.157. The van der Waals surface area contributed by atoms with Crippen LogP contribution >= 0.6 is 0 Å². The number of carbonyl (C=O) groups excluding carboxylic acids is 2. The van der Waals surface area contributed by atoms with Crippen LogP contribution in [0.5, 0.6) is 0 Å². The molecule has 0 radical (unpaired) electrons. The van der Waals surface area contributed by atoms with E-state index in [1.165, 1.54) is 0 Å². The van der Waals surface area contributed by atoms with Crippen LogP contribution in [0, 0.1) is 5.92 Å². The van der Waals surface area contributed by atoms with Crippen LogP contribution in [0.3, 0.4) is 0 Å². The second-order valence-corrected chi connectivity index (χ2v) is 6.05. The first kappa shape index (κ1) is 15.7. The Morgan fingerprint density at radius 2 is 2.00 bits per heavy atom. The highest BCUT2D eigenvalue weighted by Gasteiger charge is 2.48.